The van der Waals surface area contributed by atoms with Crippen LogP contribution < -0.4 is 4.90 Å². The number of anilines is 1. The summed E-state index contributed by atoms with van der Waals surface area (Å²) in [7, 11) is 2.01. The Morgan fingerprint density at radius 2 is 1.79 bits per heavy atom. The molecule has 0 heterocycles. The Kier molecular flexibility index (Phi) is 5.75. The van der Waals surface area contributed by atoms with E-state index in [0.717, 1.165) is 17.8 Å². The van der Waals surface area contributed by atoms with Crippen molar-refractivity contribution >= 4 is 46.0 Å². The number of azo groups is 1. The Morgan fingerprint density at radius 1 is 1.17 bits per heavy atom. The van der Waals surface area contributed by atoms with Gasteiger partial charge in [-0.05, 0) is 37.6 Å². The number of hydrogen-bond acceptors (Lipinski definition) is 5. The Hall–Kier alpha value is -2.18. The molecular formula is C16H16Cl2N4O2. The van der Waals surface area contributed by atoms with Crippen molar-refractivity contribution in [2.24, 2.45) is 10.2 Å². The number of benzene rings is 2. The summed E-state index contributed by atoms with van der Waals surface area (Å²) in [4.78, 5) is 12.3. The summed E-state index contributed by atoms with van der Waals surface area (Å²) in [5, 5.41) is 19.2. The van der Waals surface area contributed by atoms with Crippen LogP contribution in [0.3, 0.4) is 0 Å². The molecule has 0 aliphatic carbocycles. The van der Waals surface area contributed by atoms with E-state index in [0.29, 0.717) is 5.69 Å². The van der Waals surface area contributed by atoms with E-state index in [-0.39, 0.29) is 21.4 Å². The minimum atomic E-state index is -0.564. The smallest absolute Gasteiger partial charge is 0.272 e. The van der Waals surface area contributed by atoms with Crippen molar-refractivity contribution in [1.29, 1.82) is 0 Å². The van der Waals surface area contributed by atoms with Gasteiger partial charge < -0.3 is 4.90 Å². The van der Waals surface area contributed by atoms with Gasteiger partial charge in [0.25, 0.3) is 5.69 Å². The Bertz CT molecular complexity index is 786. The molecule has 0 radical (unpaired) electrons. The molecule has 0 N–H and O–H groups in total. The van der Waals surface area contributed by atoms with Gasteiger partial charge in [0.1, 0.15) is 5.69 Å². The maximum atomic E-state index is 10.8. The van der Waals surface area contributed by atoms with Crippen LogP contribution in [0, 0.1) is 17.0 Å². The van der Waals surface area contributed by atoms with Crippen LogP contribution in [0.1, 0.15) is 12.5 Å². The molecule has 0 unspecified atom stereocenters. The van der Waals surface area contributed by atoms with Gasteiger partial charge in [-0.15, -0.1) is 5.11 Å². The zero-order valence-corrected chi connectivity index (χ0v) is 15.0. The summed E-state index contributed by atoms with van der Waals surface area (Å²) in [5.41, 5.74) is 2.73. The topological polar surface area (TPSA) is 71.1 Å². The molecule has 0 aliphatic heterocycles. The highest BCUT2D eigenvalue weighted by atomic mass is 35.5. The lowest BCUT2D eigenvalue weighted by Crippen LogP contribution is -2.15. The van der Waals surface area contributed by atoms with Gasteiger partial charge in [0.2, 0.25) is 0 Å². The molecule has 8 heteroatoms. The monoisotopic (exact) mass is 366 g/mol. The molecule has 0 amide bonds. The van der Waals surface area contributed by atoms with Crippen molar-refractivity contribution in [3.8, 4) is 0 Å². The number of nitro benzene ring substituents is 1. The second kappa shape index (κ2) is 7.59. The predicted molar refractivity (Wildman–Crippen MR) is 97.4 cm³/mol. The quantitative estimate of drug-likeness (QED) is 0.365. The summed E-state index contributed by atoms with van der Waals surface area (Å²) in [5.74, 6) is 0. The molecule has 0 aromatic heterocycles. The first-order chi connectivity index (χ1) is 11.3. The third kappa shape index (κ3) is 4.01. The van der Waals surface area contributed by atoms with Gasteiger partial charge in [0, 0.05) is 31.4 Å². The van der Waals surface area contributed by atoms with Crippen LogP contribution >= 0.6 is 23.2 Å². The molecule has 6 nitrogen and oxygen atoms in total. The number of non-ortho nitro benzene ring substituents is 1. The van der Waals surface area contributed by atoms with E-state index < -0.39 is 4.92 Å². The lowest BCUT2D eigenvalue weighted by Gasteiger charge is -2.17. The first-order valence-electron chi connectivity index (χ1n) is 7.20. The molecule has 2 aromatic rings. The second-order valence-corrected chi connectivity index (χ2v) is 6.01. The van der Waals surface area contributed by atoms with Gasteiger partial charge in [0.05, 0.1) is 20.7 Å². The highest BCUT2D eigenvalue weighted by molar-refractivity contribution is 6.39. The van der Waals surface area contributed by atoms with Gasteiger partial charge in [-0.25, -0.2) is 0 Å². The lowest BCUT2D eigenvalue weighted by atomic mass is 10.1. The van der Waals surface area contributed by atoms with Gasteiger partial charge in [-0.1, -0.05) is 23.2 Å². The van der Waals surface area contributed by atoms with Crippen LogP contribution in [0.25, 0.3) is 0 Å². The molecule has 2 aromatic carbocycles. The molecule has 0 bridgehead atoms. The molecule has 0 saturated heterocycles. The van der Waals surface area contributed by atoms with Crippen molar-refractivity contribution in [3.05, 3.63) is 56.1 Å². The van der Waals surface area contributed by atoms with E-state index >= 15 is 0 Å². The zero-order chi connectivity index (χ0) is 17.9. The molecule has 24 heavy (non-hydrogen) atoms. The van der Waals surface area contributed by atoms with E-state index in [1.165, 1.54) is 12.1 Å². The molecule has 0 spiro atoms. The summed E-state index contributed by atoms with van der Waals surface area (Å²) in [6.07, 6.45) is 0. The van der Waals surface area contributed by atoms with E-state index in [1.54, 1.807) is 0 Å². The number of aryl methyl sites for hydroxylation is 1. The van der Waals surface area contributed by atoms with Crippen molar-refractivity contribution in [3.63, 3.8) is 0 Å². The maximum absolute atomic E-state index is 10.8. The van der Waals surface area contributed by atoms with E-state index in [4.69, 9.17) is 23.2 Å². The van der Waals surface area contributed by atoms with Crippen LogP contribution in [0.4, 0.5) is 22.7 Å². The number of hydrogen-bond donors (Lipinski definition) is 0. The summed E-state index contributed by atoms with van der Waals surface area (Å²) in [6.45, 7) is 4.90. The van der Waals surface area contributed by atoms with Crippen LogP contribution in [0.2, 0.25) is 10.0 Å². The van der Waals surface area contributed by atoms with Crippen LogP contribution in [-0.2, 0) is 0 Å². The Labute approximate surface area is 149 Å². The predicted octanol–water partition coefficient (Wildman–Crippen LogP) is 6.08. The van der Waals surface area contributed by atoms with Gasteiger partial charge in [-0.3, -0.25) is 10.1 Å². The average Bonchev–Trinajstić information content (AvgIpc) is 2.54. The van der Waals surface area contributed by atoms with E-state index in [2.05, 4.69) is 22.1 Å². The first kappa shape index (κ1) is 18.2. The third-order valence-corrected chi connectivity index (χ3v) is 4.14. The van der Waals surface area contributed by atoms with Crippen molar-refractivity contribution in [1.82, 2.24) is 0 Å². The fourth-order valence-electron chi connectivity index (χ4n) is 2.03. The zero-order valence-electron chi connectivity index (χ0n) is 13.5. The summed E-state index contributed by atoms with van der Waals surface area (Å²) < 4.78 is 0. The molecule has 0 fully saturated rings. The third-order valence-electron chi connectivity index (χ3n) is 3.57. The highest BCUT2D eigenvalue weighted by Gasteiger charge is 2.14. The summed E-state index contributed by atoms with van der Waals surface area (Å²) in [6, 6.07) is 8.22. The minimum absolute atomic E-state index is 0.0814. The van der Waals surface area contributed by atoms with Gasteiger partial charge in [0.15, 0.2) is 0 Å². The van der Waals surface area contributed by atoms with Crippen LogP contribution in [0.5, 0.6) is 0 Å². The molecular weight excluding hydrogens is 351 g/mol. The fraction of sp³-hybridized carbons (Fsp3) is 0.250. The number of rotatable bonds is 5. The minimum Gasteiger partial charge on any atom is -0.375 e. The van der Waals surface area contributed by atoms with Crippen molar-refractivity contribution in [2.45, 2.75) is 13.8 Å². The maximum Gasteiger partial charge on any atom is 0.272 e. The first-order valence-corrected chi connectivity index (χ1v) is 7.96. The second-order valence-electron chi connectivity index (χ2n) is 5.20. The Balaban J connectivity index is 2.33. The lowest BCUT2D eigenvalue weighted by molar-refractivity contribution is -0.384. The molecule has 126 valence electrons. The Morgan fingerprint density at radius 3 is 2.29 bits per heavy atom. The average molecular weight is 367 g/mol. The number of halogens is 2. The molecule has 0 aliphatic rings. The normalized spacial score (nSPS) is 11.0. The van der Waals surface area contributed by atoms with Gasteiger partial charge in [-0.2, -0.15) is 5.11 Å². The number of nitro groups is 1. The SMILES string of the molecule is CCN(C)c1ccc(N=Nc2c(Cl)cc([N+](=O)[O-])cc2Cl)c(C)c1. The largest absolute Gasteiger partial charge is 0.375 e. The number of nitrogens with zero attached hydrogens (tertiary/aromatic N) is 4. The standard InChI is InChI=1S/C16H16Cl2N4O2/c1-4-21(3)11-5-6-15(10(2)7-11)19-20-16-13(17)8-12(22(23)24)9-14(16)18/h5-9H,4H2,1-3H3. The summed E-state index contributed by atoms with van der Waals surface area (Å²) >= 11 is 12.0. The fourth-order valence-corrected chi connectivity index (χ4v) is 2.58. The van der Waals surface area contributed by atoms with Crippen molar-refractivity contribution < 1.29 is 4.92 Å². The van der Waals surface area contributed by atoms with E-state index in [9.17, 15) is 10.1 Å². The van der Waals surface area contributed by atoms with Crippen LogP contribution in [0.15, 0.2) is 40.6 Å². The van der Waals surface area contributed by atoms with Gasteiger partial charge >= 0.3 is 0 Å². The van der Waals surface area contributed by atoms with Crippen LogP contribution in [-0.4, -0.2) is 18.5 Å². The molecule has 2 rings (SSSR count). The van der Waals surface area contributed by atoms with E-state index in [1.807, 2.05) is 32.2 Å². The molecule has 0 saturated carbocycles. The van der Waals surface area contributed by atoms with Crippen molar-refractivity contribution in [2.75, 3.05) is 18.5 Å². The molecule has 0 atom stereocenters. The highest BCUT2D eigenvalue weighted by Crippen LogP contribution is 2.38.